The molecule has 4 rings (SSSR count). The summed E-state index contributed by atoms with van der Waals surface area (Å²) in [6.45, 7) is 2.82. The topological polar surface area (TPSA) is 111 Å². The summed E-state index contributed by atoms with van der Waals surface area (Å²) < 4.78 is 47.0. The smallest absolute Gasteiger partial charge is 0.462 e. The molecule has 1 fully saturated rings. The second-order valence-corrected chi connectivity index (χ2v) is 7.97. The number of nitrogens with zero attached hydrogens (tertiary/aromatic N) is 4. The molecule has 10 nitrogen and oxygen atoms in total. The molecule has 2 aromatic heterocycles. The third-order valence-electron chi connectivity index (χ3n) is 5.26. The highest BCUT2D eigenvalue weighted by Crippen LogP contribution is 2.25. The Bertz CT molecular complexity index is 1190. The number of carbonyl (C=O) groups is 2. The lowest BCUT2D eigenvalue weighted by molar-refractivity contribution is -0.274. The molecule has 3 heterocycles. The van der Waals surface area contributed by atoms with Crippen LogP contribution in [0, 0.1) is 0 Å². The molecule has 0 bridgehead atoms. The number of hydrogen-bond acceptors (Lipinski definition) is 8. The zero-order chi connectivity index (χ0) is 25.7. The first-order valence-corrected chi connectivity index (χ1v) is 11.0. The van der Waals surface area contributed by atoms with Crippen LogP contribution in [-0.2, 0) is 9.53 Å². The molecule has 1 saturated heterocycles. The zero-order valence-electron chi connectivity index (χ0n) is 19.2. The Balaban J connectivity index is 1.29. The van der Waals surface area contributed by atoms with E-state index < -0.39 is 12.4 Å². The number of anilines is 4. The van der Waals surface area contributed by atoms with Gasteiger partial charge in [0.2, 0.25) is 0 Å². The first-order chi connectivity index (χ1) is 17.1. The SMILES string of the molecule is CC(=O)OC1CCN(c2ccc(NC(=O)n3ccc(Nc4ccc(OC(F)(F)F)cc4)n3)cn2)CC1. The maximum Gasteiger partial charge on any atom is 0.573 e. The highest BCUT2D eigenvalue weighted by molar-refractivity contribution is 5.90. The van der Waals surface area contributed by atoms with Crippen molar-refractivity contribution in [2.24, 2.45) is 0 Å². The molecule has 3 aromatic rings. The summed E-state index contributed by atoms with van der Waals surface area (Å²) in [6.07, 6.45) is -0.414. The van der Waals surface area contributed by atoms with Crippen molar-refractivity contribution < 1.29 is 32.2 Å². The molecule has 0 atom stereocenters. The van der Waals surface area contributed by atoms with Crippen molar-refractivity contribution in [2.45, 2.75) is 32.2 Å². The number of pyridine rings is 1. The number of ether oxygens (including phenoxy) is 2. The van der Waals surface area contributed by atoms with E-state index in [1.54, 1.807) is 24.4 Å². The Morgan fingerprint density at radius 2 is 1.72 bits per heavy atom. The van der Waals surface area contributed by atoms with Crippen molar-refractivity contribution in [3.05, 3.63) is 54.9 Å². The van der Waals surface area contributed by atoms with E-state index in [1.807, 2.05) is 0 Å². The maximum absolute atomic E-state index is 12.5. The van der Waals surface area contributed by atoms with Crippen molar-refractivity contribution in [1.29, 1.82) is 0 Å². The number of nitrogens with one attached hydrogen (secondary N) is 2. The van der Waals surface area contributed by atoms with Gasteiger partial charge in [-0.2, -0.15) is 4.68 Å². The van der Waals surface area contributed by atoms with Crippen molar-refractivity contribution in [1.82, 2.24) is 14.8 Å². The lowest BCUT2D eigenvalue weighted by atomic mass is 10.1. The molecule has 13 heteroatoms. The average molecular weight is 504 g/mol. The highest BCUT2D eigenvalue weighted by atomic mass is 19.4. The number of rotatable bonds is 6. The summed E-state index contributed by atoms with van der Waals surface area (Å²) in [5, 5.41) is 9.71. The summed E-state index contributed by atoms with van der Waals surface area (Å²) in [5.41, 5.74) is 0.940. The minimum Gasteiger partial charge on any atom is -0.462 e. The van der Waals surface area contributed by atoms with E-state index >= 15 is 0 Å². The van der Waals surface area contributed by atoms with E-state index in [0.717, 1.165) is 23.3 Å². The molecule has 190 valence electrons. The normalized spacial score (nSPS) is 14.3. The Labute approximate surface area is 204 Å². The van der Waals surface area contributed by atoms with Crippen LogP contribution in [0.1, 0.15) is 19.8 Å². The molecule has 1 aromatic carbocycles. The molecule has 1 amide bonds. The summed E-state index contributed by atoms with van der Waals surface area (Å²) >= 11 is 0. The number of aromatic nitrogens is 3. The first kappa shape index (κ1) is 24.8. The number of esters is 1. The fraction of sp³-hybridized carbons (Fsp3) is 0.304. The van der Waals surface area contributed by atoms with Gasteiger partial charge in [0.25, 0.3) is 0 Å². The second-order valence-electron chi connectivity index (χ2n) is 7.97. The van der Waals surface area contributed by atoms with Crippen LogP contribution >= 0.6 is 0 Å². The van der Waals surface area contributed by atoms with Crippen LogP contribution < -0.4 is 20.3 Å². The number of carbonyl (C=O) groups excluding carboxylic acids is 2. The third-order valence-corrected chi connectivity index (χ3v) is 5.26. The number of hydrogen-bond donors (Lipinski definition) is 2. The molecule has 0 radical (unpaired) electrons. The second kappa shape index (κ2) is 10.5. The van der Waals surface area contributed by atoms with Crippen LogP contribution in [0.25, 0.3) is 0 Å². The van der Waals surface area contributed by atoms with Gasteiger partial charge in [-0.05, 0) is 36.4 Å². The van der Waals surface area contributed by atoms with E-state index in [-0.39, 0.29) is 17.8 Å². The average Bonchev–Trinajstić information content (AvgIpc) is 3.29. The van der Waals surface area contributed by atoms with Gasteiger partial charge in [0, 0.05) is 50.8 Å². The molecule has 1 aliphatic heterocycles. The van der Waals surface area contributed by atoms with Crippen molar-refractivity contribution in [3.63, 3.8) is 0 Å². The maximum atomic E-state index is 12.5. The number of amides is 1. The van der Waals surface area contributed by atoms with Crippen LogP contribution in [0.3, 0.4) is 0 Å². The lowest BCUT2D eigenvalue weighted by Crippen LogP contribution is -2.38. The lowest BCUT2D eigenvalue weighted by Gasteiger charge is -2.32. The van der Waals surface area contributed by atoms with Gasteiger partial charge in [-0.15, -0.1) is 18.3 Å². The fourth-order valence-corrected chi connectivity index (χ4v) is 3.66. The van der Waals surface area contributed by atoms with Crippen LogP contribution in [0.15, 0.2) is 54.9 Å². The van der Waals surface area contributed by atoms with E-state index in [4.69, 9.17) is 4.74 Å². The molecular formula is C23H23F3N6O4. The summed E-state index contributed by atoms with van der Waals surface area (Å²) in [6, 6.07) is 9.67. The highest BCUT2D eigenvalue weighted by Gasteiger charge is 2.31. The Morgan fingerprint density at radius 3 is 2.33 bits per heavy atom. The van der Waals surface area contributed by atoms with Crippen molar-refractivity contribution in [2.75, 3.05) is 28.6 Å². The predicted molar refractivity (Wildman–Crippen MR) is 124 cm³/mol. The van der Waals surface area contributed by atoms with E-state index in [0.29, 0.717) is 30.3 Å². The van der Waals surface area contributed by atoms with Crippen LogP contribution in [0.4, 0.5) is 41.0 Å². The van der Waals surface area contributed by atoms with E-state index in [1.165, 1.54) is 37.4 Å². The largest absolute Gasteiger partial charge is 0.573 e. The number of halogens is 3. The quantitative estimate of drug-likeness (QED) is 0.471. The van der Waals surface area contributed by atoms with Crippen molar-refractivity contribution in [3.8, 4) is 5.75 Å². The first-order valence-electron chi connectivity index (χ1n) is 11.0. The Kier molecular flexibility index (Phi) is 7.27. The minimum absolute atomic E-state index is 0.0754. The van der Waals surface area contributed by atoms with Crippen LogP contribution in [-0.4, -0.2) is 52.3 Å². The molecule has 1 aliphatic rings. The molecule has 0 unspecified atom stereocenters. The summed E-state index contributed by atoms with van der Waals surface area (Å²) in [5.74, 6) is 0.455. The van der Waals surface area contributed by atoms with Gasteiger partial charge in [-0.1, -0.05) is 0 Å². The molecule has 0 spiro atoms. The minimum atomic E-state index is -4.76. The summed E-state index contributed by atoms with van der Waals surface area (Å²) in [4.78, 5) is 30.1. The van der Waals surface area contributed by atoms with Gasteiger partial charge in [-0.25, -0.2) is 9.78 Å². The van der Waals surface area contributed by atoms with Crippen LogP contribution in [0.5, 0.6) is 5.75 Å². The van der Waals surface area contributed by atoms with E-state index in [9.17, 15) is 22.8 Å². The van der Waals surface area contributed by atoms with E-state index in [2.05, 4.69) is 30.4 Å². The molecule has 2 N–H and O–H groups in total. The fourth-order valence-electron chi connectivity index (χ4n) is 3.66. The number of piperidine rings is 1. The third kappa shape index (κ3) is 6.87. The zero-order valence-corrected chi connectivity index (χ0v) is 19.2. The molecular weight excluding hydrogens is 481 g/mol. The molecule has 36 heavy (non-hydrogen) atoms. The van der Waals surface area contributed by atoms with Crippen molar-refractivity contribution >= 4 is 35.0 Å². The number of benzene rings is 1. The van der Waals surface area contributed by atoms with Gasteiger partial charge in [-0.3, -0.25) is 4.79 Å². The Morgan fingerprint density at radius 1 is 1.03 bits per heavy atom. The standard InChI is InChI=1S/C23H23F3N6O4/c1-15(33)35-18-8-11-31(12-9-18)21-7-4-17(14-27-21)29-22(34)32-13-10-20(30-32)28-16-2-5-19(6-3-16)36-23(24,25)26/h2-7,10,13-14,18H,8-9,11-12H2,1H3,(H,28,30)(H,29,34). The summed E-state index contributed by atoms with van der Waals surface area (Å²) in [7, 11) is 0. The van der Waals surface area contributed by atoms with Gasteiger partial charge < -0.3 is 25.0 Å². The predicted octanol–water partition coefficient (Wildman–Crippen LogP) is 4.53. The van der Waals surface area contributed by atoms with Crippen LogP contribution in [0.2, 0.25) is 0 Å². The molecule has 0 saturated carbocycles. The Hall–Kier alpha value is -4.29. The van der Waals surface area contributed by atoms with Gasteiger partial charge >= 0.3 is 18.4 Å². The number of alkyl halides is 3. The van der Waals surface area contributed by atoms with Gasteiger partial charge in [0.1, 0.15) is 17.7 Å². The monoisotopic (exact) mass is 504 g/mol. The van der Waals surface area contributed by atoms with Gasteiger partial charge in [0.05, 0.1) is 11.9 Å². The molecule has 0 aliphatic carbocycles. The van der Waals surface area contributed by atoms with Gasteiger partial charge in [0.15, 0.2) is 5.82 Å².